The Balaban J connectivity index is 1.37. The molecule has 0 radical (unpaired) electrons. The number of rotatable bonds is 2. The van der Waals surface area contributed by atoms with Crippen molar-refractivity contribution in [3.63, 3.8) is 0 Å². The van der Waals surface area contributed by atoms with Gasteiger partial charge in [0, 0.05) is 50.2 Å². The minimum absolute atomic E-state index is 0.201. The lowest BCUT2D eigenvalue weighted by Crippen LogP contribution is -2.71. The smallest absolute Gasteiger partial charge is 0.193 e. The second-order valence-corrected chi connectivity index (χ2v) is 9.07. The normalized spacial score (nSPS) is 39.0. The summed E-state index contributed by atoms with van der Waals surface area (Å²) in [5.74, 6) is 1.77. The van der Waals surface area contributed by atoms with Gasteiger partial charge in [-0.1, -0.05) is 20.3 Å². The molecule has 5 nitrogen and oxygen atoms in total. The fourth-order valence-corrected chi connectivity index (χ4v) is 5.77. The van der Waals surface area contributed by atoms with Crippen molar-refractivity contribution >= 4 is 5.96 Å². The van der Waals surface area contributed by atoms with Crippen molar-refractivity contribution in [2.24, 2.45) is 16.3 Å². The van der Waals surface area contributed by atoms with E-state index in [9.17, 15) is 0 Å². The minimum atomic E-state index is 0.201. The molecule has 142 valence electrons. The van der Waals surface area contributed by atoms with Crippen LogP contribution < -0.4 is 5.32 Å². The molecule has 1 saturated carbocycles. The van der Waals surface area contributed by atoms with Crippen molar-refractivity contribution in [1.82, 2.24) is 15.1 Å². The van der Waals surface area contributed by atoms with Crippen LogP contribution in [0.25, 0.3) is 0 Å². The number of piperidine rings is 1. The lowest BCUT2D eigenvalue weighted by molar-refractivity contribution is -0.188. The van der Waals surface area contributed by atoms with Crippen molar-refractivity contribution in [2.45, 2.75) is 70.6 Å². The predicted molar refractivity (Wildman–Crippen MR) is 102 cm³/mol. The molecule has 0 aromatic carbocycles. The summed E-state index contributed by atoms with van der Waals surface area (Å²) in [7, 11) is 1.94. The van der Waals surface area contributed by atoms with Crippen molar-refractivity contribution in [3.05, 3.63) is 0 Å². The van der Waals surface area contributed by atoms with Crippen LogP contribution in [0.4, 0.5) is 0 Å². The van der Waals surface area contributed by atoms with Crippen molar-refractivity contribution in [1.29, 1.82) is 0 Å². The molecule has 3 heterocycles. The molecular weight excluding hydrogens is 312 g/mol. The number of nitrogens with zero attached hydrogens (tertiary/aromatic N) is 3. The average molecular weight is 349 g/mol. The number of hydrogen-bond acceptors (Lipinski definition) is 3. The molecule has 5 heteroatoms. The Morgan fingerprint density at radius 1 is 1.08 bits per heavy atom. The van der Waals surface area contributed by atoms with Gasteiger partial charge in [0.2, 0.25) is 0 Å². The summed E-state index contributed by atoms with van der Waals surface area (Å²) in [4.78, 5) is 9.86. The quantitative estimate of drug-likeness (QED) is 0.614. The average Bonchev–Trinajstić information content (AvgIpc) is 3.13. The van der Waals surface area contributed by atoms with E-state index in [1.54, 1.807) is 0 Å². The Hall–Kier alpha value is -0.810. The van der Waals surface area contributed by atoms with E-state index in [0.29, 0.717) is 18.1 Å². The third-order valence-corrected chi connectivity index (χ3v) is 7.20. The highest BCUT2D eigenvalue weighted by molar-refractivity contribution is 5.81. The molecule has 4 aliphatic rings. The zero-order chi connectivity index (χ0) is 17.4. The third-order valence-electron chi connectivity index (χ3n) is 7.20. The maximum absolute atomic E-state index is 6.06. The van der Waals surface area contributed by atoms with Crippen LogP contribution in [0, 0.1) is 11.3 Å². The molecule has 0 aromatic rings. The van der Waals surface area contributed by atoms with Crippen LogP contribution in [0.5, 0.6) is 0 Å². The Kier molecular flexibility index (Phi) is 4.98. The van der Waals surface area contributed by atoms with E-state index in [4.69, 9.17) is 4.74 Å². The highest BCUT2D eigenvalue weighted by Gasteiger charge is 2.58. The number of nitrogens with one attached hydrogen (secondary N) is 1. The van der Waals surface area contributed by atoms with Gasteiger partial charge in [-0.2, -0.15) is 0 Å². The SMILES string of the molecule is CN=C(NC1C2CCCOC2C1(C)C)N1CCC(N2CCCCC2)C1. The molecule has 25 heavy (non-hydrogen) atoms. The molecule has 4 unspecified atom stereocenters. The Labute approximate surface area is 153 Å². The predicted octanol–water partition coefficient (Wildman–Crippen LogP) is 2.33. The Morgan fingerprint density at radius 3 is 2.64 bits per heavy atom. The number of hydrogen-bond donors (Lipinski definition) is 1. The second kappa shape index (κ2) is 7.07. The van der Waals surface area contributed by atoms with Gasteiger partial charge in [0.05, 0.1) is 6.10 Å². The molecule has 0 amide bonds. The molecule has 1 aliphatic carbocycles. The molecule has 0 aromatic heterocycles. The number of fused-ring (bicyclic) bond motifs is 1. The second-order valence-electron chi connectivity index (χ2n) is 9.07. The molecule has 0 bridgehead atoms. The summed E-state index contributed by atoms with van der Waals surface area (Å²) in [6, 6.07) is 1.21. The molecule has 4 rings (SSSR count). The number of likely N-dealkylation sites (tertiary alicyclic amines) is 2. The topological polar surface area (TPSA) is 40.1 Å². The van der Waals surface area contributed by atoms with Crippen LogP contribution in [0.2, 0.25) is 0 Å². The monoisotopic (exact) mass is 348 g/mol. The van der Waals surface area contributed by atoms with Crippen LogP contribution in [-0.2, 0) is 4.74 Å². The van der Waals surface area contributed by atoms with Gasteiger partial charge in [-0.25, -0.2) is 0 Å². The van der Waals surface area contributed by atoms with E-state index in [1.165, 1.54) is 51.6 Å². The summed E-state index contributed by atoms with van der Waals surface area (Å²) in [6.07, 6.45) is 8.37. The first kappa shape index (κ1) is 17.6. The van der Waals surface area contributed by atoms with E-state index in [0.717, 1.165) is 31.7 Å². The van der Waals surface area contributed by atoms with Gasteiger partial charge in [0.1, 0.15) is 0 Å². The van der Waals surface area contributed by atoms with Crippen LogP contribution in [0.1, 0.15) is 52.4 Å². The summed E-state index contributed by atoms with van der Waals surface area (Å²) < 4.78 is 6.06. The Morgan fingerprint density at radius 2 is 1.88 bits per heavy atom. The van der Waals surface area contributed by atoms with Gasteiger partial charge in [0.15, 0.2) is 5.96 Å². The first-order valence-electron chi connectivity index (χ1n) is 10.4. The van der Waals surface area contributed by atoms with E-state index < -0.39 is 0 Å². The van der Waals surface area contributed by atoms with Gasteiger partial charge in [-0.15, -0.1) is 0 Å². The van der Waals surface area contributed by atoms with Gasteiger partial charge in [0.25, 0.3) is 0 Å². The zero-order valence-corrected chi connectivity index (χ0v) is 16.3. The lowest BCUT2D eigenvalue weighted by atomic mass is 9.55. The first-order valence-corrected chi connectivity index (χ1v) is 10.4. The van der Waals surface area contributed by atoms with Crippen LogP contribution in [0.15, 0.2) is 4.99 Å². The number of ether oxygens (including phenoxy) is 1. The van der Waals surface area contributed by atoms with E-state index >= 15 is 0 Å². The maximum Gasteiger partial charge on any atom is 0.193 e. The first-order chi connectivity index (χ1) is 12.1. The summed E-state index contributed by atoms with van der Waals surface area (Å²) in [5.41, 5.74) is 0.201. The summed E-state index contributed by atoms with van der Waals surface area (Å²) in [6.45, 7) is 10.5. The fourth-order valence-electron chi connectivity index (χ4n) is 5.77. The van der Waals surface area contributed by atoms with Gasteiger partial charge in [-0.3, -0.25) is 9.89 Å². The van der Waals surface area contributed by atoms with E-state index in [-0.39, 0.29) is 5.41 Å². The minimum Gasteiger partial charge on any atom is -0.377 e. The standard InChI is InChI=1S/C20H36N4O/c1-20(2)17(16-8-7-13-25-18(16)20)22-19(21-3)24-12-9-15(14-24)23-10-5-4-6-11-23/h15-18H,4-14H2,1-3H3,(H,21,22). The van der Waals surface area contributed by atoms with E-state index in [2.05, 4.69) is 34.0 Å². The fraction of sp³-hybridized carbons (Fsp3) is 0.950. The van der Waals surface area contributed by atoms with Crippen LogP contribution >= 0.6 is 0 Å². The third kappa shape index (κ3) is 3.18. The lowest BCUT2D eigenvalue weighted by Gasteiger charge is -2.60. The van der Waals surface area contributed by atoms with Crippen molar-refractivity contribution < 1.29 is 4.74 Å². The van der Waals surface area contributed by atoms with Crippen LogP contribution in [0.3, 0.4) is 0 Å². The maximum atomic E-state index is 6.06. The van der Waals surface area contributed by atoms with Gasteiger partial charge in [-0.05, 0) is 45.2 Å². The summed E-state index contributed by atoms with van der Waals surface area (Å²) >= 11 is 0. The molecule has 3 saturated heterocycles. The van der Waals surface area contributed by atoms with E-state index in [1.807, 2.05) is 7.05 Å². The molecular formula is C20H36N4O. The summed E-state index contributed by atoms with van der Waals surface area (Å²) in [5, 5.41) is 3.84. The highest BCUT2D eigenvalue weighted by atomic mass is 16.5. The molecule has 3 aliphatic heterocycles. The molecule has 4 fully saturated rings. The van der Waals surface area contributed by atoms with Gasteiger partial charge >= 0.3 is 0 Å². The number of aliphatic imine (C=N–C) groups is 1. The van der Waals surface area contributed by atoms with Crippen molar-refractivity contribution in [2.75, 3.05) is 39.8 Å². The molecule has 1 N–H and O–H groups in total. The number of guanidine groups is 1. The van der Waals surface area contributed by atoms with Crippen LogP contribution in [-0.4, -0.2) is 73.8 Å². The van der Waals surface area contributed by atoms with Crippen molar-refractivity contribution in [3.8, 4) is 0 Å². The highest BCUT2D eigenvalue weighted by Crippen LogP contribution is 2.51. The van der Waals surface area contributed by atoms with Gasteiger partial charge < -0.3 is 15.0 Å². The molecule has 4 atom stereocenters. The zero-order valence-electron chi connectivity index (χ0n) is 16.3. The largest absolute Gasteiger partial charge is 0.377 e. The Bertz CT molecular complexity index is 500. The molecule has 0 spiro atoms.